The van der Waals surface area contributed by atoms with Gasteiger partial charge in [0.15, 0.2) is 0 Å². The normalized spacial score (nSPS) is 10.5. The van der Waals surface area contributed by atoms with E-state index in [1.165, 1.54) is 22.5 Å². The molecule has 0 amide bonds. The van der Waals surface area contributed by atoms with Crippen molar-refractivity contribution >= 4 is 0 Å². The summed E-state index contributed by atoms with van der Waals surface area (Å²) in [6.45, 7) is 7.10. The van der Waals surface area contributed by atoms with Crippen LogP contribution >= 0.6 is 0 Å². The van der Waals surface area contributed by atoms with E-state index in [-0.39, 0.29) is 0 Å². The van der Waals surface area contributed by atoms with Crippen molar-refractivity contribution in [2.75, 3.05) is 6.54 Å². The first kappa shape index (κ1) is 8.34. The highest BCUT2D eigenvalue weighted by Crippen LogP contribution is 2.15. The first-order valence-electron chi connectivity index (χ1n) is 4.01. The zero-order valence-electron chi connectivity index (χ0n) is 7.49. The molecule has 0 spiro atoms. The van der Waals surface area contributed by atoms with Crippen molar-refractivity contribution in [3.63, 3.8) is 0 Å². The average Bonchev–Trinajstić information content (AvgIpc) is 2.19. The van der Waals surface area contributed by atoms with E-state index in [0.29, 0.717) is 0 Å². The summed E-state index contributed by atoms with van der Waals surface area (Å²) >= 11 is 0. The second-order valence-electron chi connectivity index (χ2n) is 3.02. The molecule has 0 saturated heterocycles. The van der Waals surface area contributed by atoms with E-state index in [4.69, 9.17) is 5.73 Å². The number of aryl methyl sites for hydroxylation is 1. The average molecular weight is 152 g/mol. The first-order chi connectivity index (χ1) is 5.16. The number of H-pyrrole nitrogens is 1. The third kappa shape index (κ3) is 1.46. The Hall–Kier alpha value is -0.760. The highest BCUT2D eigenvalue weighted by molar-refractivity contribution is 5.34. The van der Waals surface area contributed by atoms with Crippen molar-refractivity contribution < 1.29 is 0 Å². The van der Waals surface area contributed by atoms with E-state index in [1.807, 2.05) is 0 Å². The van der Waals surface area contributed by atoms with Gasteiger partial charge in [0, 0.05) is 11.4 Å². The fourth-order valence-electron chi connectivity index (χ4n) is 1.32. The lowest BCUT2D eigenvalue weighted by atomic mass is 10.1. The molecular formula is C9H16N2. The third-order valence-corrected chi connectivity index (χ3v) is 2.31. The maximum atomic E-state index is 5.47. The number of nitrogens with one attached hydrogen (secondary N) is 1. The molecule has 1 aromatic rings. The standard InChI is InChI=1S/C9H16N2/c1-6-7(2)9(4-5-10)11-8(6)3/h11H,4-5,10H2,1-3H3. The zero-order chi connectivity index (χ0) is 8.43. The second kappa shape index (κ2) is 3.09. The van der Waals surface area contributed by atoms with Gasteiger partial charge in [-0.3, -0.25) is 0 Å². The van der Waals surface area contributed by atoms with Gasteiger partial charge in [0.25, 0.3) is 0 Å². The highest BCUT2D eigenvalue weighted by Gasteiger charge is 2.05. The van der Waals surface area contributed by atoms with Crippen LogP contribution in [-0.4, -0.2) is 11.5 Å². The second-order valence-corrected chi connectivity index (χ2v) is 3.02. The molecule has 2 heteroatoms. The maximum Gasteiger partial charge on any atom is 0.0194 e. The zero-order valence-corrected chi connectivity index (χ0v) is 7.49. The molecule has 0 fully saturated rings. The summed E-state index contributed by atoms with van der Waals surface area (Å²) in [5.74, 6) is 0. The molecule has 0 aliphatic rings. The first-order valence-corrected chi connectivity index (χ1v) is 4.01. The maximum absolute atomic E-state index is 5.47. The fraction of sp³-hybridized carbons (Fsp3) is 0.556. The van der Waals surface area contributed by atoms with Crippen molar-refractivity contribution in [3.8, 4) is 0 Å². The Bertz CT molecular complexity index is 248. The van der Waals surface area contributed by atoms with Gasteiger partial charge in [-0.15, -0.1) is 0 Å². The summed E-state index contributed by atoms with van der Waals surface area (Å²) in [5.41, 5.74) is 10.8. The molecular weight excluding hydrogens is 136 g/mol. The molecule has 62 valence electrons. The van der Waals surface area contributed by atoms with Crippen molar-refractivity contribution in [2.45, 2.75) is 27.2 Å². The van der Waals surface area contributed by atoms with E-state index in [0.717, 1.165) is 13.0 Å². The minimum atomic E-state index is 0.722. The van der Waals surface area contributed by atoms with E-state index in [1.54, 1.807) is 0 Å². The van der Waals surface area contributed by atoms with Gasteiger partial charge in [0.2, 0.25) is 0 Å². The molecule has 0 radical (unpaired) electrons. The largest absolute Gasteiger partial charge is 0.362 e. The molecule has 1 rings (SSSR count). The molecule has 1 heterocycles. The molecule has 0 saturated carbocycles. The molecule has 0 unspecified atom stereocenters. The minimum Gasteiger partial charge on any atom is -0.362 e. The Morgan fingerprint density at radius 3 is 2.18 bits per heavy atom. The molecule has 1 aromatic heterocycles. The third-order valence-electron chi connectivity index (χ3n) is 2.31. The molecule has 0 aliphatic heterocycles. The molecule has 0 bridgehead atoms. The molecule has 11 heavy (non-hydrogen) atoms. The van der Waals surface area contributed by atoms with Crippen LogP contribution in [0, 0.1) is 20.8 Å². The van der Waals surface area contributed by atoms with Crippen LogP contribution in [0.1, 0.15) is 22.5 Å². The molecule has 2 nitrogen and oxygen atoms in total. The van der Waals surface area contributed by atoms with Gasteiger partial charge in [-0.2, -0.15) is 0 Å². The lowest BCUT2D eigenvalue weighted by Gasteiger charge is -1.95. The van der Waals surface area contributed by atoms with Crippen LogP contribution in [0.3, 0.4) is 0 Å². The Kier molecular flexibility index (Phi) is 2.35. The molecule has 0 aliphatic carbocycles. The van der Waals surface area contributed by atoms with Crippen LogP contribution < -0.4 is 5.73 Å². The number of hydrogen-bond acceptors (Lipinski definition) is 1. The Morgan fingerprint density at radius 1 is 1.18 bits per heavy atom. The monoisotopic (exact) mass is 152 g/mol. The van der Waals surface area contributed by atoms with Gasteiger partial charge in [0.05, 0.1) is 0 Å². The number of hydrogen-bond donors (Lipinski definition) is 2. The van der Waals surface area contributed by atoms with E-state index in [2.05, 4.69) is 25.8 Å². The number of aromatic nitrogens is 1. The van der Waals surface area contributed by atoms with Crippen molar-refractivity contribution in [1.82, 2.24) is 4.98 Å². The molecule has 0 aromatic carbocycles. The van der Waals surface area contributed by atoms with Crippen LogP contribution in [0.5, 0.6) is 0 Å². The lowest BCUT2D eigenvalue weighted by Crippen LogP contribution is -2.03. The van der Waals surface area contributed by atoms with E-state index >= 15 is 0 Å². The SMILES string of the molecule is Cc1[nH]c(CCN)c(C)c1C. The topological polar surface area (TPSA) is 41.8 Å². The van der Waals surface area contributed by atoms with Crippen molar-refractivity contribution in [3.05, 3.63) is 22.5 Å². The fourth-order valence-corrected chi connectivity index (χ4v) is 1.32. The van der Waals surface area contributed by atoms with Gasteiger partial charge >= 0.3 is 0 Å². The van der Waals surface area contributed by atoms with Crippen LogP contribution in [0.25, 0.3) is 0 Å². The number of nitrogens with two attached hydrogens (primary N) is 1. The predicted molar refractivity (Wildman–Crippen MR) is 47.8 cm³/mol. The van der Waals surface area contributed by atoms with E-state index < -0.39 is 0 Å². The number of rotatable bonds is 2. The Morgan fingerprint density at radius 2 is 1.82 bits per heavy atom. The summed E-state index contributed by atoms with van der Waals surface area (Å²) in [4.78, 5) is 3.33. The van der Waals surface area contributed by atoms with Gasteiger partial charge < -0.3 is 10.7 Å². The Balaban J connectivity index is 2.98. The van der Waals surface area contributed by atoms with Crippen LogP contribution in [0.2, 0.25) is 0 Å². The van der Waals surface area contributed by atoms with Crippen LogP contribution in [0.15, 0.2) is 0 Å². The summed E-state index contributed by atoms with van der Waals surface area (Å²) in [7, 11) is 0. The summed E-state index contributed by atoms with van der Waals surface area (Å²) < 4.78 is 0. The highest BCUT2D eigenvalue weighted by atomic mass is 14.7. The summed E-state index contributed by atoms with van der Waals surface area (Å²) in [5, 5.41) is 0. The smallest absolute Gasteiger partial charge is 0.0194 e. The summed E-state index contributed by atoms with van der Waals surface area (Å²) in [6.07, 6.45) is 0.959. The minimum absolute atomic E-state index is 0.722. The van der Waals surface area contributed by atoms with Gasteiger partial charge in [-0.25, -0.2) is 0 Å². The predicted octanol–water partition coefficient (Wildman–Crippen LogP) is 1.44. The van der Waals surface area contributed by atoms with Crippen molar-refractivity contribution in [1.29, 1.82) is 0 Å². The van der Waals surface area contributed by atoms with Crippen molar-refractivity contribution in [2.24, 2.45) is 5.73 Å². The lowest BCUT2D eigenvalue weighted by molar-refractivity contribution is 0.920. The van der Waals surface area contributed by atoms with Gasteiger partial charge in [0.1, 0.15) is 0 Å². The summed E-state index contributed by atoms with van der Waals surface area (Å²) in [6, 6.07) is 0. The van der Waals surface area contributed by atoms with Crippen LogP contribution in [0.4, 0.5) is 0 Å². The van der Waals surface area contributed by atoms with E-state index in [9.17, 15) is 0 Å². The molecule has 0 atom stereocenters. The quantitative estimate of drug-likeness (QED) is 0.661. The van der Waals surface area contributed by atoms with Gasteiger partial charge in [-0.05, 0) is 44.9 Å². The molecule has 3 N–H and O–H groups in total. The van der Waals surface area contributed by atoms with Crippen LogP contribution in [-0.2, 0) is 6.42 Å². The number of aromatic amines is 1. The Labute approximate surface area is 67.8 Å². The van der Waals surface area contributed by atoms with Gasteiger partial charge in [-0.1, -0.05) is 0 Å².